The molecule has 0 saturated carbocycles. The molecular weight excluding hydrogens is 391 g/mol. The van der Waals surface area contributed by atoms with E-state index >= 15 is 0 Å². The van der Waals surface area contributed by atoms with E-state index in [1.54, 1.807) is 26.1 Å². The first-order valence-corrected chi connectivity index (χ1v) is 10.0. The van der Waals surface area contributed by atoms with Crippen LogP contribution in [0.5, 0.6) is 0 Å². The summed E-state index contributed by atoms with van der Waals surface area (Å²) in [5, 5.41) is 21.4. The lowest BCUT2D eigenvalue weighted by Crippen LogP contribution is -2.42. The summed E-state index contributed by atoms with van der Waals surface area (Å²) in [6, 6.07) is 5.81. The first-order chi connectivity index (χ1) is 14.3. The predicted molar refractivity (Wildman–Crippen MR) is 112 cm³/mol. The van der Waals surface area contributed by atoms with E-state index in [0.29, 0.717) is 18.7 Å². The molecule has 0 bridgehead atoms. The van der Waals surface area contributed by atoms with E-state index in [0.717, 1.165) is 25.2 Å². The lowest BCUT2D eigenvalue weighted by Gasteiger charge is -2.20. The Bertz CT molecular complexity index is 914. The molecule has 30 heavy (non-hydrogen) atoms. The van der Waals surface area contributed by atoms with Gasteiger partial charge >= 0.3 is 5.69 Å². The number of anilines is 2. The molecule has 162 valence electrons. The molecule has 2 N–H and O–H groups in total. The Morgan fingerprint density at radius 1 is 1.40 bits per heavy atom. The van der Waals surface area contributed by atoms with Gasteiger partial charge in [-0.25, -0.2) is 9.07 Å². The molecule has 0 spiro atoms. The van der Waals surface area contributed by atoms with E-state index in [2.05, 4.69) is 20.6 Å². The summed E-state index contributed by atoms with van der Waals surface area (Å²) in [6.45, 7) is 5.56. The van der Waals surface area contributed by atoms with Gasteiger partial charge in [0.25, 0.3) is 0 Å². The van der Waals surface area contributed by atoms with Crippen molar-refractivity contribution in [2.45, 2.75) is 32.7 Å². The van der Waals surface area contributed by atoms with Crippen molar-refractivity contribution in [3.05, 3.63) is 45.9 Å². The number of carbonyl (C=O) groups excluding carboxylic acids is 1. The number of nitro groups is 1. The van der Waals surface area contributed by atoms with Crippen LogP contribution in [0, 0.1) is 28.8 Å². The zero-order valence-electron chi connectivity index (χ0n) is 17.4. The van der Waals surface area contributed by atoms with Crippen molar-refractivity contribution in [3.63, 3.8) is 0 Å². The fourth-order valence-corrected chi connectivity index (χ4v) is 3.80. The topological polar surface area (TPSA) is 105 Å². The molecule has 2 atom stereocenters. The number of hydrogen-bond acceptors (Lipinski definition) is 6. The average Bonchev–Trinajstić information content (AvgIpc) is 3.28. The number of amides is 1. The van der Waals surface area contributed by atoms with Crippen LogP contribution in [0.4, 0.5) is 21.6 Å². The molecule has 1 aromatic heterocycles. The molecule has 1 aromatic carbocycles. The third-order valence-corrected chi connectivity index (χ3v) is 5.45. The maximum atomic E-state index is 13.1. The largest absolute Gasteiger partial charge is 0.371 e. The number of nitrogens with one attached hydrogen (secondary N) is 2. The maximum absolute atomic E-state index is 13.1. The second kappa shape index (κ2) is 9.10. The lowest BCUT2D eigenvalue weighted by atomic mass is 10.1. The highest BCUT2D eigenvalue weighted by Gasteiger charge is 2.29. The van der Waals surface area contributed by atoms with Gasteiger partial charge in [0.05, 0.1) is 4.92 Å². The fraction of sp³-hybridized carbons (Fsp3) is 0.500. The highest BCUT2D eigenvalue weighted by molar-refractivity contribution is 5.85. The van der Waals surface area contributed by atoms with Gasteiger partial charge in [0.2, 0.25) is 11.7 Å². The highest BCUT2D eigenvalue weighted by atomic mass is 19.1. The SMILES string of the molecule is CC[C@@H](Nc1c([N+](=O)[O-])c(C)nn1C)C(=O)NC[C@H]1CCN(c2ccc(F)cc2)C1. The van der Waals surface area contributed by atoms with E-state index in [-0.39, 0.29) is 29.1 Å². The van der Waals surface area contributed by atoms with Crippen molar-refractivity contribution in [1.29, 1.82) is 0 Å². The number of rotatable bonds is 8. The van der Waals surface area contributed by atoms with Crippen molar-refractivity contribution in [2.24, 2.45) is 13.0 Å². The number of halogens is 1. The van der Waals surface area contributed by atoms with Crippen LogP contribution in [0.2, 0.25) is 0 Å². The molecule has 1 fully saturated rings. The first-order valence-electron chi connectivity index (χ1n) is 10.0. The molecule has 9 nitrogen and oxygen atoms in total. The van der Waals surface area contributed by atoms with Crippen LogP contribution in [0.25, 0.3) is 0 Å². The fourth-order valence-electron chi connectivity index (χ4n) is 3.80. The number of benzene rings is 1. The first kappa shape index (κ1) is 21.5. The lowest BCUT2D eigenvalue weighted by molar-refractivity contribution is -0.384. The highest BCUT2D eigenvalue weighted by Crippen LogP contribution is 2.28. The summed E-state index contributed by atoms with van der Waals surface area (Å²) < 4.78 is 14.5. The Morgan fingerprint density at radius 3 is 2.73 bits per heavy atom. The molecule has 1 amide bonds. The van der Waals surface area contributed by atoms with Gasteiger partial charge in [-0.1, -0.05) is 6.92 Å². The second-order valence-corrected chi connectivity index (χ2v) is 7.59. The van der Waals surface area contributed by atoms with E-state index in [1.165, 1.54) is 16.8 Å². The van der Waals surface area contributed by atoms with E-state index in [4.69, 9.17) is 0 Å². The monoisotopic (exact) mass is 418 g/mol. The van der Waals surface area contributed by atoms with E-state index < -0.39 is 11.0 Å². The zero-order valence-corrected chi connectivity index (χ0v) is 17.4. The van der Waals surface area contributed by atoms with Crippen molar-refractivity contribution >= 4 is 23.1 Å². The smallest absolute Gasteiger partial charge is 0.333 e. The second-order valence-electron chi connectivity index (χ2n) is 7.59. The van der Waals surface area contributed by atoms with Crippen LogP contribution < -0.4 is 15.5 Å². The molecule has 1 saturated heterocycles. The molecule has 2 aromatic rings. The van der Waals surface area contributed by atoms with Crippen LogP contribution in [0.1, 0.15) is 25.5 Å². The van der Waals surface area contributed by atoms with Gasteiger partial charge in [-0.15, -0.1) is 0 Å². The van der Waals surface area contributed by atoms with Crippen LogP contribution in [0.15, 0.2) is 24.3 Å². The Kier molecular flexibility index (Phi) is 6.53. The summed E-state index contributed by atoms with van der Waals surface area (Å²) in [7, 11) is 1.61. The minimum Gasteiger partial charge on any atom is -0.371 e. The molecular formula is C20H27FN6O3. The van der Waals surface area contributed by atoms with Crippen LogP contribution in [-0.4, -0.2) is 46.3 Å². The summed E-state index contributed by atoms with van der Waals surface area (Å²) in [5.41, 5.74) is 1.15. The quantitative estimate of drug-likeness (QED) is 0.504. The van der Waals surface area contributed by atoms with Crippen molar-refractivity contribution in [3.8, 4) is 0 Å². The van der Waals surface area contributed by atoms with Gasteiger partial charge in [0.1, 0.15) is 17.6 Å². The number of carbonyl (C=O) groups is 1. The normalized spacial score (nSPS) is 17.1. The molecule has 0 aliphatic carbocycles. The third-order valence-electron chi connectivity index (χ3n) is 5.45. The number of aromatic nitrogens is 2. The Hall–Kier alpha value is -3.17. The van der Waals surface area contributed by atoms with Crippen LogP contribution in [0.3, 0.4) is 0 Å². The predicted octanol–water partition coefficient (Wildman–Crippen LogP) is 2.61. The Labute approximate surface area is 174 Å². The average molecular weight is 418 g/mol. The minimum absolute atomic E-state index is 0.116. The van der Waals surface area contributed by atoms with Crippen molar-refractivity contribution in [2.75, 3.05) is 29.9 Å². The Morgan fingerprint density at radius 2 is 2.10 bits per heavy atom. The third kappa shape index (κ3) is 4.69. The van der Waals surface area contributed by atoms with Crippen molar-refractivity contribution < 1.29 is 14.1 Å². The molecule has 1 aliphatic rings. The van der Waals surface area contributed by atoms with Gasteiger partial charge in [-0.2, -0.15) is 5.10 Å². The maximum Gasteiger partial charge on any atom is 0.333 e. The minimum atomic E-state index is -0.604. The van der Waals surface area contributed by atoms with Crippen LogP contribution >= 0.6 is 0 Å². The molecule has 10 heteroatoms. The standard InChI is InChI=1S/C20H27FN6O3/c1-4-17(23-19-18(27(29)30)13(2)24-25(19)3)20(28)22-11-14-9-10-26(12-14)16-7-5-15(21)6-8-16/h5-8,14,17,23H,4,9-12H2,1-3H3,(H,22,28)/t14-,17-/m1/s1. The zero-order chi connectivity index (χ0) is 21.8. The number of aryl methyl sites for hydroxylation is 2. The van der Waals surface area contributed by atoms with Gasteiger partial charge in [0.15, 0.2) is 0 Å². The van der Waals surface area contributed by atoms with E-state index in [1.807, 2.05) is 6.92 Å². The summed E-state index contributed by atoms with van der Waals surface area (Å²) >= 11 is 0. The molecule has 2 heterocycles. The summed E-state index contributed by atoms with van der Waals surface area (Å²) in [5.74, 6) is 0.0437. The number of hydrogen-bond donors (Lipinski definition) is 2. The van der Waals surface area contributed by atoms with Gasteiger partial charge in [-0.05, 0) is 49.9 Å². The Balaban J connectivity index is 1.56. The molecule has 1 aliphatic heterocycles. The molecule has 3 rings (SSSR count). The molecule has 0 unspecified atom stereocenters. The van der Waals surface area contributed by atoms with Gasteiger partial charge < -0.3 is 15.5 Å². The van der Waals surface area contributed by atoms with Gasteiger partial charge in [-0.3, -0.25) is 14.9 Å². The van der Waals surface area contributed by atoms with Crippen LogP contribution in [-0.2, 0) is 11.8 Å². The van der Waals surface area contributed by atoms with Crippen molar-refractivity contribution in [1.82, 2.24) is 15.1 Å². The summed E-state index contributed by atoms with van der Waals surface area (Å²) in [4.78, 5) is 25.7. The van der Waals surface area contributed by atoms with Gasteiger partial charge in [0, 0.05) is 32.4 Å². The van der Waals surface area contributed by atoms with E-state index in [9.17, 15) is 19.3 Å². The molecule has 0 radical (unpaired) electrons. The summed E-state index contributed by atoms with van der Waals surface area (Å²) in [6.07, 6.45) is 1.40. The number of nitrogens with zero attached hydrogens (tertiary/aromatic N) is 4.